The van der Waals surface area contributed by atoms with E-state index in [-0.39, 0.29) is 11.9 Å². The van der Waals surface area contributed by atoms with Gasteiger partial charge in [0, 0.05) is 37.1 Å². The Bertz CT molecular complexity index is 664. The first-order valence-corrected chi connectivity index (χ1v) is 7.83. The molecule has 2 N–H and O–H groups in total. The Hall–Kier alpha value is -1.72. The van der Waals surface area contributed by atoms with Gasteiger partial charge in [-0.05, 0) is 25.0 Å². The number of benzene rings is 1. The third-order valence-electron chi connectivity index (χ3n) is 3.94. The largest absolute Gasteiger partial charge is 0.396 e. The average Bonchev–Trinajstić information content (AvgIpc) is 3.15. The number of hydrogen-bond acceptors (Lipinski definition) is 3. The van der Waals surface area contributed by atoms with Crippen molar-refractivity contribution in [2.24, 2.45) is 0 Å². The summed E-state index contributed by atoms with van der Waals surface area (Å²) in [7, 11) is 0. The van der Waals surface area contributed by atoms with Gasteiger partial charge in [0.15, 0.2) is 0 Å². The van der Waals surface area contributed by atoms with Crippen LogP contribution in [-0.2, 0) is 6.54 Å². The number of rotatable bonds is 3. The smallest absolute Gasteiger partial charge is 0.254 e. The van der Waals surface area contributed by atoms with Crippen LogP contribution in [0.5, 0.6) is 0 Å². The quantitative estimate of drug-likeness (QED) is 0.874. The zero-order valence-electron chi connectivity index (χ0n) is 11.9. The Kier molecular flexibility index (Phi) is 4.27. The summed E-state index contributed by atoms with van der Waals surface area (Å²) < 4.78 is 1.99. The molecule has 1 aliphatic heterocycles. The number of likely N-dealkylation sites (tertiary alicyclic amines) is 1. The molecular formula is C15H16Cl2N4O. The van der Waals surface area contributed by atoms with Gasteiger partial charge in [-0.1, -0.05) is 23.2 Å². The summed E-state index contributed by atoms with van der Waals surface area (Å²) >= 11 is 12.1. The molecule has 7 heteroatoms. The van der Waals surface area contributed by atoms with E-state index in [1.807, 2.05) is 15.7 Å². The Morgan fingerprint density at radius 3 is 2.73 bits per heavy atom. The highest BCUT2D eigenvalue weighted by Crippen LogP contribution is 2.30. The zero-order valence-corrected chi connectivity index (χ0v) is 13.4. The summed E-state index contributed by atoms with van der Waals surface area (Å²) in [6, 6.07) is 3.31. The molecule has 0 saturated carbocycles. The number of nitrogens with zero attached hydrogens (tertiary/aromatic N) is 3. The molecule has 1 aliphatic rings. The predicted octanol–water partition coefficient (Wildman–Crippen LogP) is 3.08. The van der Waals surface area contributed by atoms with Gasteiger partial charge in [0.1, 0.15) is 0 Å². The second kappa shape index (κ2) is 6.18. The van der Waals surface area contributed by atoms with Crippen LogP contribution in [0.1, 0.15) is 23.2 Å². The van der Waals surface area contributed by atoms with Crippen LogP contribution in [0.3, 0.4) is 0 Å². The van der Waals surface area contributed by atoms with Crippen LogP contribution in [0.25, 0.3) is 0 Å². The first-order chi connectivity index (χ1) is 10.6. The first kappa shape index (κ1) is 15.2. The third-order valence-corrected chi connectivity index (χ3v) is 4.57. The lowest BCUT2D eigenvalue weighted by molar-refractivity contribution is 0.0724. The van der Waals surface area contributed by atoms with E-state index in [9.17, 15) is 4.79 Å². The van der Waals surface area contributed by atoms with Gasteiger partial charge in [-0.3, -0.25) is 4.79 Å². The van der Waals surface area contributed by atoms with Gasteiger partial charge in [-0.2, -0.15) is 0 Å². The average molecular weight is 339 g/mol. The molecule has 1 saturated heterocycles. The van der Waals surface area contributed by atoms with Crippen LogP contribution in [0.2, 0.25) is 10.0 Å². The number of carbonyl (C=O) groups is 1. The molecule has 0 bridgehead atoms. The van der Waals surface area contributed by atoms with Gasteiger partial charge in [-0.25, -0.2) is 4.98 Å². The van der Waals surface area contributed by atoms with Crippen LogP contribution in [-0.4, -0.2) is 32.9 Å². The Balaban J connectivity index is 1.81. The summed E-state index contributed by atoms with van der Waals surface area (Å²) in [5, 5.41) is 0.613. The van der Waals surface area contributed by atoms with Crippen molar-refractivity contribution in [1.82, 2.24) is 14.5 Å². The van der Waals surface area contributed by atoms with Gasteiger partial charge in [0.2, 0.25) is 0 Å². The maximum absolute atomic E-state index is 12.7. The number of halogens is 2. The molecule has 2 heterocycles. The van der Waals surface area contributed by atoms with Crippen molar-refractivity contribution in [1.29, 1.82) is 0 Å². The van der Waals surface area contributed by atoms with Crippen LogP contribution in [0, 0.1) is 0 Å². The van der Waals surface area contributed by atoms with Crippen molar-refractivity contribution in [2.75, 3.05) is 12.3 Å². The lowest BCUT2D eigenvalue weighted by Gasteiger charge is -2.25. The van der Waals surface area contributed by atoms with Crippen molar-refractivity contribution >= 4 is 34.8 Å². The number of imidazole rings is 1. The molecule has 0 unspecified atom stereocenters. The minimum Gasteiger partial charge on any atom is -0.396 e. The number of amides is 1. The topological polar surface area (TPSA) is 64.2 Å². The van der Waals surface area contributed by atoms with Gasteiger partial charge in [0.25, 0.3) is 5.91 Å². The monoisotopic (exact) mass is 338 g/mol. The van der Waals surface area contributed by atoms with Gasteiger partial charge in [0.05, 0.1) is 22.1 Å². The van der Waals surface area contributed by atoms with Gasteiger partial charge >= 0.3 is 0 Å². The molecule has 116 valence electrons. The van der Waals surface area contributed by atoms with E-state index in [4.69, 9.17) is 28.9 Å². The third kappa shape index (κ3) is 2.91. The predicted molar refractivity (Wildman–Crippen MR) is 87.2 cm³/mol. The first-order valence-electron chi connectivity index (χ1n) is 7.07. The summed E-state index contributed by atoms with van der Waals surface area (Å²) in [4.78, 5) is 18.7. The zero-order chi connectivity index (χ0) is 15.7. The van der Waals surface area contributed by atoms with E-state index in [0.29, 0.717) is 21.3 Å². The molecule has 0 spiro atoms. The number of anilines is 1. The highest BCUT2D eigenvalue weighted by atomic mass is 35.5. The lowest BCUT2D eigenvalue weighted by Crippen LogP contribution is -2.38. The second-order valence-corrected chi connectivity index (χ2v) is 6.22. The number of hydrogen-bond donors (Lipinski definition) is 1. The molecule has 3 rings (SSSR count). The van der Waals surface area contributed by atoms with Crippen molar-refractivity contribution < 1.29 is 4.79 Å². The van der Waals surface area contributed by atoms with E-state index < -0.39 is 0 Å². The standard InChI is InChI=1S/C15H16Cl2N4O/c16-12-6-10(7-13(17)14(12)18)15(22)21-4-1-2-11(21)8-20-5-3-19-9-20/h3,5-7,9,11H,1-2,4,8,18H2/t11-/m0/s1. The fourth-order valence-electron chi connectivity index (χ4n) is 2.80. The molecule has 22 heavy (non-hydrogen) atoms. The maximum Gasteiger partial charge on any atom is 0.254 e. The maximum atomic E-state index is 12.7. The van der Waals surface area contributed by atoms with Gasteiger partial charge < -0.3 is 15.2 Å². The normalized spacial score (nSPS) is 17.9. The SMILES string of the molecule is Nc1c(Cl)cc(C(=O)N2CCC[C@H]2Cn2ccnc2)cc1Cl. The minimum atomic E-state index is -0.0635. The van der Waals surface area contributed by atoms with Crippen molar-refractivity contribution in [3.63, 3.8) is 0 Å². The molecule has 1 atom stereocenters. The molecule has 2 aromatic rings. The highest BCUT2D eigenvalue weighted by Gasteiger charge is 2.30. The fraction of sp³-hybridized carbons (Fsp3) is 0.333. The second-order valence-electron chi connectivity index (χ2n) is 5.41. The van der Waals surface area contributed by atoms with E-state index >= 15 is 0 Å². The molecular weight excluding hydrogens is 323 g/mol. The van der Waals surface area contributed by atoms with Gasteiger partial charge in [-0.15, -0.1) is 0 Å². The number of carbonyl (C=O) groups excluding carboxylic acids is 1. The minimum absolute atomic E-state index is 0.0635. The molecule has 1 aromatic heterocycles. The highest BCUT2D eigenvalue weighted by molar-refractivity contribution is 6.39. The van der Waals surface area contributed by atoms with E-state index in [0.717, 1.165) is 25.9 Å². The van der Waals surface area contributed by atoms with Crippen molar-refractivity contribution in [2.45, 2.75) is 25.4 Å². The van der Waals surface area contributed by atoms with E-state index in [1.165, 1.54) is 0 Å². The van der Waals surface area contributed by atoms with Crippen molar-refractivity contribution in [3.8, 4) is 0 Å². The number of nitrogen functional groups attached to an aromatic ring is 1. The van der Waals surface area contributed by atoms with E-state index in [1.54, 1.807) is 24.7 Å². The molecule has 0 aliphatic carbocycles. The molecule has 1 aromatic carbocycles. The molecule has 0 radical (unpaired) electrons. The van der Waals surface area contributed by atoms with E-state index in [2.05, 4.69) is 4.98 Å². The summed E-state index contributed by atoms with van der Waals surface area (Å²) in [6.07, 6.45) is 7.36. The van der Waals surface area contributed by atoms with Crippen LogP contribution >= 0.6 is 23.2 Å². The molecule has 1 amide bonds. The summed E-state index contributed by atoms with van der Waals surface area (Å²) in [5.74, 6) is -0.0635. The number of aromatic nitrogens is 2. The Morgan fingerprint density at radius 1 is 1.36 bits per heavy atom. The Labute approximate surface area is 138 Å². The molecule has 5 nitrogen and oxygen atoms in total. The lowest BCUT2D eigenvalue weighted by atomic mass is 10.1. The van der Waals surface area contributed by atoms with Crippen molar-refractivity contribution in [3.05, 3.63) is 46.5 Å². The number of nitrogens with two attached hydrogens (primary N) is 1. The van der Waals surface area contributed by atoms with Crippen LogP contribution in [0.4, 0.5) is 5.69 Å². The van der Waals surface area contributed by atoms with Crippen LogP contribution < -0.4 is 5.73 Å². The molecule has 1 fully saturated rings. The fourth-order valence-corrected chi connectivity index (χ4v) is 3.29. The summed E-state index contributed by atoms with van der Waals surface area (Å²) in [6.45, 7) is 1.47. The summed E-state index contributed by atoms with van der Waals surface area (Å²) in [5.41, 5.74) is 6.50. The van der Waals surface area contributed by atoms with Crippen LogP contribution in [0.15, 0.2) is 30.9 Å². The Morgan fingerprint density at radius 2 is 2.09 bits per heavy atom.